The number of anilines is 2. The van der Waals surface area contributed by atoms with Gasteiger partial charge in [-0.3, -0.25) is 9.59 Å². The molecular formula is C60H69N3O7S3. The first kappa shape index (κ1) is 54.7. The predicted octanol–water partition coefficient (Wildman–Crippen LogP) is 12.5. The minimum Gasteiger partial charge on any atom is -0.483 e. The van der Waals surface area contributed by atoms with Gasteiger partial charge in [0.1, 0.15) is 23.4 Å². The van der Waals surface area contributed by atoms with Crippen molar-refractivity contribution in [3.8, 4) is 5.75 Å². The number of nitrogens with zero attached hydrogens (tertiary/aromatic N) is 1. The molecule has 1 heterocycles. The molecular weight excluding hydrogens is 971 g/mol. The summed E-state index contributed by atoms with van der Waals surface area (Å²) < 4.78 is 41.0. The minimum atomic E-state index is -3.86. The first-order valence-electron chi connectivity index (χ1n) is 25.2. The van der Waals surface area contributed by atoms with Crippen molar-refractivity contribution in [2.75, 3.05) is 35.8 Å². The zero-order chi connectivity index (χ0) is 52.1. The number of sulfone groups is 1. The Morgan fingerprint density at radius 2 is 1.22 bits per heavy atom. The van der Waals surface area contributed by atoms with Gasteiger partial charge in [-0.05, 0) is 80.3 Å². The number of esters is 1. The molecule has 0 saturated heterocycles. The van der Waals surface area contributed by atoms with Crippen LogP contribution in [0.4, 0.5) is 11.4 Å². The molecule has 1 aliphatic heterocycles. The number of benzene rings is 6. The third kappa shape index (κ3) is 13.6. The highest BCUT2D eigenvalue weighted by atomic mass is 32.2. The zero-order valence-corrected chi connectivity index (χ0v) is 45.3. The average molecular weight is 1040 g/mol. The van der Waals surface area contributed by atoms with Crippen molar-refractivity contribution in [2.24, 2.45) is 5.41 Å². The second kappa shape index (κ2) is 24.8. The molecule has 0 bridgehead atoms. The lowest BCUT2D eigenvalue weighted by Crippen LogP contribution is -2.51. The number of amides is 2. The lowest BCUT2D eigenvalue weighted by atomic mass is 9.79. The molecule has 2 N–H and O–H groups in total. The molecule has 6 aromatic rings. The predicted molar refractivity (Wildman–Crippen MR) is 297 cm³/mol. The van der Waals surface area contributed by atoms with Gasteiger partial charge in [0, 0.05) is 29.5 Å². The van der Waals surface area contributed by atoms with Crippen LogP contribution in [-0.2, 0) is 33.7 Å². The van der Waals surface area contributed by atoms with E-state index < -0.39 is 62.1 Å². The van der Waals surface area contributed by atoms with Gasteiger partial charge in [0.2, 0.25) is 5.91 Å². The number of fused-ring (bicyclic) bond motifs is 1. The standard InChI is InChI=1S/C60H69N3O7S3/c1-7-9-36-59(37-10-8-2)42-63(48-34-24-15-25-35-48)50-38-52(71-6)51(39-53(50)73(67,68)43-59)69-40-54(64)62-55(44-26-16-11-17-27-44)56(65)61-49(57(66)70-58(3,4)5)41-72-60(45-28-18-12-19-29-45,46-30-20-13-21-31-46)47-32-22-14-23-33-47/h11-35,38-39,49,55H,7-10,36-37,40-43H2,1-6H3,(H,61,65)(H,62,64)/t49-,55+/m0/s1. The molecule has 2 amide bonds. The maximum Gasteiger partial charge on any atom is 0.330 e. The Morgan fingerprint density at radius 3 is 1.71 bits per heavy atom. The van der Waals surface area contributed by atoms with Gasteiger partial charge in [0.25, 0.3) is 5.91 Å². The number of carbonyl (C=O) groups excluding carboxylic acids is 3. The van der Waals surface area contributed by atoms with Crippen LogP contribution < -0.4 is 20.3 Å². The summed E-state index contributed by atoms with van der Waals surface area (Å²) in [5.74, 6) is -1.54. The van der Waals surface area contributed by atoms with Gasteiger partial charge in [-0.15, -0.1) is 23.5 Å². The highest BCUT2D eigenvalue weighted by molar-refractivity contribution is 8.00. The lowest BCUT2D eigenvalue weighted by Gasteiger charge is -2.37. The summed E-state index contributed by atoms with van der Waals surface area (Å²) in [4.78, 5) is 46.3. The summed E-state index contributed by atoms with van der Waals surface area (Å²) in [5.41, 5.74) is 3.56. The van der Waals surface area contributed by atoms with E-state index in [-0.39, 0.29) is 22.2 Å². The Labute approximate surface area is 441 Å². The van der Waals surface area contributed by atoms with Crippen LogP contribution in [0.15, 0.2) is 174 Å². The fourth-order valence-electron chi connectivity index (χ4n) is 9.64. The van der Waals surface area contributed by atoms with Gasteiger partial charge < -0.3 is 25.0 Å². The van der Waals surface area contributed by atoms with Crippen LogP contribution in [0.1, 0.15) is 101 Å². The van der Waals surface area contributed by atoms with Crippen molar-refractivity contribution >= 4 is 62.5 Å². The van der Waals surface area contributed by atoms with Crippen LogP contribution in [0.3, 0.4) is 0 Å². The molecule has 0 spiro atoms. The summed E-state index contributed by atoms with van der Waals surface area (Å²) in [5, 5.41) is 5.88. The van der Waals surface area contributed by atoms with Crippen molar-refractivity contribution < 1.29 is 32.3 Å². The van der Waals surface area contributed by atoms with Crippen LogP contribution in [-0.4, -0.2) is 68.8 Å². The largest absolute Gasteiger partial charge is 0.483 e. The summed E-state index contributed by atoms with van der Waals surface area (Å²) in [6.45, 7) is 9.63. The van der Waals surface area contributed by atoms with Gasteiger partial charge >= 0.3 is 5.97 Å². The topological polar surface area (TPSA) is 131 Å². The third-order valence-electron chi connectivity index (χ3n) is 13.1. The third-order valence-corrected chi connectivity index (χ3v) is 17.5. The van der Waals surface area contributed by atoms with Crippen LogP contribution >= 0.6 is 23.5 Å². The second-order valence-corrected chi connectivity index (χ2v) is 23.8. The molecule has 0 saturated carbocycles. The summed E-state index contributed by atoms with van der Waals surface area (Å²) >= 11 is 2.90. The maximum atomic E-state index is 14.8. The van der Waals surface area contributed by atoms with E-state index in [1.807, 2.05) is 103 Å². The Balaban J connectivity index is 1.18. The molecule has 1 aliphatic rings. The molecule has 0 unspecified atom stereocenters. The Morgan fingerprint density at radius 1 is 0.712 bits per heavy atom. The maximum absolute atomic E-state index is 14.8. The molecule has 7 rings (SSSR count). The number of hydrogen-bond acceptors (Lipinski definition) is 10. The molecule has 10 nitrogen and oxygen atoms in total. The van der Waals surface area contributed by atoms with Gasteiger partial charge in [-0.1, -0.05) is 179 Å². The van der Waals surface area contributed by atoms with Gasteiger partial charge in [0.15, 0.2) is 16.4 Å². The van der Waals surface area contributed by atoms with E-state index in [4.69, 9.17) is 9.47 Å². The number of hydrogen-bond donors (Lipinski definition) is 2. The van der Waals surface area contributed by atoms with Gasteiger partial charge in [-0.2, -0.15) is 0 Å². The van der Waals surface area contributed by atoms with E-state index in [1.165, 1.54) is 23.5 Å². The highest BCUT2D eigenvalue weighted by Crippen LogP contribution is 2.50. The van der Waals surface area contributed by atoms with E-state index >= 15 is 0 Å². The fraction of sp³-hybridized carbons (Fsp3) is 0.350. The first-order chi connectivity index (χ1) is 35.1. The lowest BCUT2D eigenvalue weighted by molar-refractivity contribution is -0.158. The number of thioether (sulfide) groups is 2. The SMILES string of the molecule is CCCCC1(CCCC)CN(c2ccccc2)c2cc(SC)c(OCC(=O)N[C@@H](C(=O)N[C@@H](CSC(c3ccccc3)(c3ccccc3)c3ccccc3)C(=O)OC(C)(C)C)c3ccccc3)cc2S(=O)(=O)C1. The molecule has 2 atom stereocenters. The van der Waals surface area contributed by atoms with E-state index in [1.54, 1.807) is 51.1 Å². The number of nitrogens with one attached hydrogen (secondary N) is 2. The first-order valence-corrected chi connectivity index (χ1v) is 29.1. The summed E-state index contributed by atoms with van der Waals surface area (Å²) in [6, 6.07) is 50.0. The van der Waals surface area contributed by atoms with Crippen molar-refractivity contribution in [1.29, 1.82) is 0 Å². The van der Waals surface area contributed by atoms with E-state index in [0.717, 1.165) is 60.9 Å². The fourth-order valence-corrected chi connectivity index (χ4v) is 13.9. The molecule has 384 valence electrons. The van der Waals surface area contributed by atoms with Crippen LogP contribution in [0.25, 0.3) is 0 Å². The van der Waals surface area contributed by atoms with Crippen molar-refractivity contribution in [2.45, 2.75) is 105 Å². The van der Waals surface area contributed by atoms with Crippen molar-refractivity contribution in [3.63, 3.8) is 0 Å². The molecule has 0 fully saturated rings. The Bertz CT molecular complexity index is 2760. The molecule has 0 aromatic heterocycles. The number of rotatable bonds is 22. The number of unbranched alkanes of at least 4 members (excludes halogenated alkanes) is 2. The van der Waals surface area contributed by atoms with Crippen LogP contribution in [0.2, 0.25) is 0 Å². The summed E-state index contributed by atoms with van der Waals surface area (Å²) in [7, 11) is -3.86. The second-order valence-electron chi connectivity index (χ2n) is 19.7. The van der Waals surface area contributed by atoms with E-state index in [0.29, 0.717) is 22.7 Å². The zero-order valence-electron chi connectivity index (χ0n) is 42.8. The number of para-hydroxylation sites is 1. The smallest absolute Gasteiger partial charge is 0.330 e. The molecule has 73 heavy (non-hydrogen) atoms. The Hall–Kier alpha value is -6.02. The number of ether oxygens (including phenoxy) is 2. The molecule has 0 aliphatic carbocycles. The van der Waals surface area contributed by atoms with E-state index in [2.05, 4.69) is 65.8 Å². The molecule has 6 aromatic carbocycles. The number of carbonyl (C=O) groups is 3. The molecule has 0 radical (unpaired) electrons. The van der Waals surface area contributed by atoms with Crippen LogP contribution in [0, 0.1) is 5.41 Å². The molecule has 13 heteroatoms. The van der Waals surface area contributed by atoms with Crippen molar-refractivity contribution in [3.05, 3.63) is 186 Å². The monoisotopic (exact) mass is 1040 g/mol. The quantitative estimate of drug-likeness (QED) is 0.0385. The normalized spacial score (nSPS) is 15.0. The Kier molecular flexibility index (Phi) is 18.6. The van der Waals surface area contributed by atoms with Gasteiger partial charge in [0.05, 0.1) is 26.0 Å². The van der Waals surface area contributed by atoms with Gasteiger partial charge in [-0.25, -0.2) is 13.2 Å². The highest BCUT2D eigenvalue weighted by Gasteiger charge is 2.43. The summed E-state index contributed by atoms with van der Waals surface area (Å²) in [6.07, 6.45) is 7.19. The van der Waals surface area contributed by atoms with E-state index in [9.17, 15) is 22.8 Å². The van der Waals surface area contributed by atoms with Crippen molar-refractivity contribution in [1.82, 2.24) is 10.6 Å². The minimum absolute atomic E-state index is 0.00269. The average Bonchev–Trinajstić information content (AvgIpc) is 3.49. The van der Waals surface area contributed by atoms with Crippen LogP contribution in [0.5, 0.6) is 5.75 Å².